The highest BCUT2D eigenvalue weighted by Crippen LogP contribution is 2.16. The zero-order chi connectivity index (χ0) is 15.5. The van der Waals surface area contributed by atoms with Crippen molar-refractivity contribution in [2.45, 2.75) is 39.0 Å². The third-order valence-electron chi connectivity index (χ3n) is 3.07. The van der Waals surface area contributed by atoms with Crippen LogP contribution >= 0.6 is 0 Å². The molecule has 0 aliphatic carbocycles. The molecule has 2 aromatic heterocycles. The van der Waals surface area contributed by atoms with Gasteiger partial charge in [0.2, 0.25) is 5.09 Å². The van der Waals surface area contributed by atoms with Crippen LogP contribution in [0.5, 0.6) is 0 Å². The van der Waals surface area contributed by atoms with E-state index in [-0.39, 0.29) is 11.6 Å². The molecular formula is C13H19N3O4S. The van der Waals surface area contributed by atoms with Gasteiger partial charge in [0.05, 0.1) is 12.2 Å². The Morgan fingerprint density at radius 3 is 2.62 bits per heavy atom. The highest BCUT2D eigenvalue weighted by molar-refractivity contribution is 7.89. The summed E-state index contributed by atoms with van der Waals surface area (Å²) >= 11 is 0. The van der Waals surface area contributed by atoms with Gasteiger partial charge < -0.3 is 14.3 Å². The summed E-state index contributed by atoms with van der Waals surface area (Å²) in [7, 11) is -3.69. The van der Waals surface area contributed by atoms with Gasteiger partial charge in [0.25, 0.3) is 10.0 Å². The van der Waals surface area contributed by atoms with E-state index in [1.54, 1.807) is 19.9 Å². The maximum absolute atomic E-state index is 12.2. The molecule has 0 spiro atoms. The SMILES string of the molecule is CCNCc1ccc(S(=O)(=O)NCc2c(C)noc2C)o1. The maximum atomic E-state index is 12.2. The van der Waals surface area contributed by atoms with Crippen molar-refractivity contribution in [3.63, 3.8) is 0 Å². The first-order chi connectivity index (χ1) is 9.94. The first-order valence-corrected chi connectivity index (χ1v) is 8.13. The molecule has 7 nitrogen and oxygen atoms in total. The smallest absolute Gasteiger partial charge is 0.274 e. The normalized spacial score (nSPS) is 12.0. The molecule has 2 N–H and O–H groups in total. The minimum Gasteiger partial charge on any atom is -0.447 e. The predicted molar refractivity (Wildman–Crippen MR) is 76.1 cm³/mol. The molecule has 0 radical (unpaired) electrons. The van der Waals surface area contributed by atoms with Crippen LogP contribution in [0.3, 0.4) is 0 Å². The van der Waals surface area contributed by atoms with E-state index in [0.29, 0.717) is 23.8 Å². The first-order valence-electron chi connectivity index (χ1n) is 6.65. The zero-order valence-electron chi connectivity index (χ0n) is 12.3. The Labute approximate surface area is 123 Å². The summed E-state index contributed by atoms with van der Waals surface area (Å²) < 4.78 is 37.1. The van der Waals surface area contributed by atoms with Crippen LogP contribution in [0, 0.1) is 13.8 Å². The van der Waals surface area contributed by atoms with Crippen molar-refractivity contribution in [3.8, 4) is 0 Å². The van der Waals surface area contributed by atoms with Crippen LogP contribution < -0.4 is 10.0 Å². The molecule has 0 fully saturated rings. The lowest BCUT2D eigenvalue weighted by molar-refractivity contribution is 0.391. The molecular weight excluding hydrogens is 294 g/mol. The lowest BCUT2D eigenvalue weighted by Crippen LogP contribution is -2.23. The number of aryl methyl sites for hydroxylation is 2. The van der Waals surface area contributed by atoms with E-state index in [4.69, 9.17) is 8.94 Å². The van der Waals surface area contributed by atoms with Gasteiger partial charge in [-0.1, -0.05) is 12.1 Å². The maximum Gasteiger partial charge on any atom is 0.274 e. The van der Waals surface area contributed by atoms with Crippen molar-refractivity contribution in [1.29, 1.82) is 0 Å². The summed E-state index contributed by atoms with van der Waals surface area (Å²) in [5.41, 5.74) is 1.40. The van der Waals surface area contributed by atoms with E-state index in [2.05, 4.69) is 15.2 Å². The van der Waals surface area contributed by atoms with E-state index >= 15 is 0 Å². The molecule has 2 rings (SSSR count). The average molecular weight is 313 g/mol. The predicted octanol–water partition coefficient (Wildman–Crippen LogP) is 1.47. The number of hydrogen-bond donors (Lipinski definition) is 2. The molecule has 8 heteroatoms. The Morgan fingerprint density at radius 1 is 1.24 bits per heavy atom. The minimum absolute atomic E-state index is 0.0952. The van der Waals surface area contributed by atoms with Crippen LogP contribution in [0.15, 0.2) is 26.2 Å². The minimum atomic E-state index is -3.69. The van der Waals surface area contributed by atoms with Gasteiger partial charge in [-0.15, -0.1) is 0 Å². The number of rotatable bonds is 7. The van der Waals surface area contributed by atoms with E-state index in [1.165, 1.54) is 6.07 Å². The van der Waals surface area contributed by atoms with Gasteiger partial charge in [-0.2, -0.15) is 0 Å². The number of furan rings is 1. The lowest BCUT2D eigenvalue weighted by Gasteiger charge is -2.04. The summed E-state index contributed by atoms with van der Waals surface area (Å²) in [5.74, 6) is 1.18. The van der Waals surface area contributed by atoms with Gasteiger partial charge in [-0.3, -0.25) is 0 Å². The Hall–Kier alpha value is -1.64. The molecule has 0 aliphatic rings. The van der Waals surface area contributed by atoms with E-state index in [9.17, 15) is 8.42 Å². The summed E-state index contributed by atoms with van der Waals surface area (Å²) in [6.45, 7) is 6.87. The van der Waals surface area contributed by atoms with Gasteiger partial charge in [-0.25, -0.2) is 13.1 Å². The highest BCUT2D eigenvalue weighted by atomic mass is 32.2. The third-order valence-corrected chi connectivity index (χ3v) is 4.34. The number of sulfonamides is 1. The fourth-order valence-corrected chi connectivity index (χ4v) is 2.78. The largest absolute Gasteiger partial charge is 0.447 e. The summed E-state index contributed by atoms with van der Waals surface area (Å²) in [6.07, 6.45) is 0. The molecule has 2 aromatic rings. The Balaban J connectivity index is 2.06. The van der Waals surface area contributed by atoms with Crippen LogP contribution in [0.2, 0.25) is 0 Å². The molecule has 0 atom stereocenters. The summed E-state index contributed by atoms with van der Waals surface area (Å²) in [6, 6.07) is 3.09. The van der Waals surface area contributed by atoms with E-state index in [1.807, 2.05) is 6.92 Å². The average Bonchev–Trinajstić information content (AvgIpc) is 3.03. The fourth-order valence-electron chi connectivity index (χ4n) is 1.84. The quantitative estimate of drug-likeness (QED) is 0.803. The molecule has 116 valence electrons. The van der Waals surface area contributed by atoms with Crippen molar-refractivity contribution >= 4 is 10.0 Å². The standard InChI is InChI=1S/C13H19N3O4S/c1-4-14-7-11-5-6-13(19-11)21(17,18)15-8-12-9(2)16-20-10(12)3/h5-6,14-15H,4,7-8H2,1-3H3. The van der Waals surface area contributed by atoms with Crippen molar-refractivity contribution < 1.29 is 17.4 Å². The number of aromatic nitrogens is 1. The van der Waals surface area contributed by atoms with Gasteiger partial charge >= 0.3 is 0 Å². The molecule has 0 unspecified atom stereocenters. The second-order valence-corrected chi connectivity index (χ2v) is 6.33. The summed E-state index contributed by atoms with van der Waals surface area (Å²) in [5, 5.41) is 6.76. The summed E-state index contributed by atoms with van der Waals surface area (Å²) in [4.78, 5) is 0. The van der Waals surface area contributed by atoms with Crippen molar-refractivity contribution in [1.82, 2.24) is 15.2 Å². The van der Waals surface area contributed by atoms with Gasteiger partial charge in [0, 0.05) is 12.1 Å². The van der Waals surface area contributed by atoms with Crippen LogP contribution in [0.4, 0.5) is 0 Å². The van der Waals surface area contributed by atoms with Crippen molar-refractivity contribution in [2.75, 3.05) is 6.54 Å². The molecule has 0 aliphatic heterocycles. The van der Waals surface area contributed by atoms with Crippen LogP contribution in [0.25, 0.3) is 0 Å². The number of hydrogen-bond acceptors (Lipinski definition) is 6. The fraction of sp³-hybridized carbons (Fsp3) is 0.462. The molecule has 21 heavy (non-hydrogen) atoms. The van der Waals surface area contributed by atoms with Crippen LogP contribution in [-0.2, 0) is 23.1 Å². The number of nitrogens with one attached hydrogen (secondary N) is 2. The monoisotopic (exact) mass is 313 g/mol. The Kier molecular flexibility index (Phi) is 4.81. The molecule has 0 amide bonds. The Bertz CT molecular complexity index is 683. The lowest BCUT2D eigenvalue weighted by atomic mass is 10.2. The van der Waals surface area contributed by atoms with Gasteiger partial charge in [-0.05, 0) is 32.5 Å². The van der Waals surface area contributed by atoms with E-state index in [0.717, 1.165) is 12.1 Å². The molecule has 0 saturated heterocycles. The molecule has 0 bridgehead atoms. The number of nitrogens with zero attached hydrogens (tertiary/aromatic N) is 1. The van der Waals surface area contributed by atoms with Crippen molar-refractivity contribution in [2.24, 2.45) is 0 Å². The molecule has 2 heterocycles. The van der Waals surface area contributed by atoms with Crippen LogP contribution in [-0.4, -0.2) is 20.1 Å². The van der Waals surface area contributed by atoms with Crippen molar-refractivity contribution in [3.05, 3.63) is 34.9 Å². The topological polar surface area (TPSA) is 97.4 Å². The molecule has 0 aromatic carbocycles. The first kappa shape index (κ1) is 15.7. The van der Waals surface area contributed by atoms with Gasteiger partial charge in [0.15, 0.2) is 0 Å². The highest BCUT2D eigenvalue weighted by Gasteiger charge is 2.20. The van der Waals surface area contributed by atoms with E-state index < -0.39 is 10.0 Å². The van der Waals surface area contributed by atoms with Crippen LogP contribution in [0.1, 0.15) is 29.7 Å². The third kappa shape index (κ3) is 3.72. The van der Waals surface area contributed by atoms with Gasteiger partial charge in [0.1, 0.15) is 11.5 Å². The second-order valence-electron chi connectivity index (χ2n) is 4.63. The molecule has 0 saturated carbocycles. The zero-order valence-corrected chi connectivity index (χ0v) is 13.1. The second kappa shape index (κ2) is 6.42. The Morgan fingerprint density at radius 2 is 2.00 bits per heavy atom.